The summed E-state index contributed by atoms with van der Waals surface area (Å²) in [6, 6.07) is -0.267. The summed E-state index contributed by atoms with van der Waals surface area (Å²) < 4.78 is 5.30. The predicted molar refractivity (Wildman–Crippen MR) is 67.6 cm³/mol. The number of ether oxygens (including phenoxy) is 1. The summed E-state index contributed by atoms with van der Waals surface area (Å²) in [6.45, 7) is 4.93. The second-order valence-electron chi connectivity index (χ2n) is 5.50. The minimum atomic E-state index is -0.835. The molecule has 2 saturated heterocycles. The maximum atomic E-state index is 12.5. The zero-order chi connectivity index (χ0) is 14.0. The van der Waals surface area contributed by atoms with Crippen LogP contribution in [0.1, 0.15) is 6.92 Å². The van der Waals surface area contributed by atoms with E-state index < -0.39 is 11.4 Å². The summed E-state index contributed by atoms with van der Waals surface area (Å²) in [7, 11) is 0. The van der Waals surface area contributed by atoms with Gasteiger partial charge in [0, 0.05) is 32.2 Å². The molecule has 7 nitrogen and oxygen atoms in total. The number of amides is 1. The van der Waals surface area contributed by atoms with Gasteiger partial charge in [-0.1, -0.05) is 0 Å². The monoisotopic (exact) mass is 271 g/mol. The molecule has 0 saturated carbocycles. The molecule has 1 amide bonds. The zero-order valence-electron chi connectivity index (χ0n) is 11.2. The van der Waals surface area contributed by atoms with Gasteiger partial charge in [0.25, 0.3) is 0 Å². The second kappa shape index (κ2) is 5.44. The van der Waals surface area contributed by atoms with Crippen LogP contribution in [0, 0.1) is 5.41 Å². The van der Waals surface area contributed by atoms with Crippen LogP contribution in [0.2, 0.25) is 0 Å². The van der Waals surface area contributed by atoms with Crippen LogP contribution in [0.4, 0.5) is 0 Å². The molecule has 0 radical (unpaired) electrons. The fourth-order valence-corrected chi connectivity index (χ4v) is 2.57. The summed E-state index contributed by atoms with van der Waals surface area (Å²) >= 11 is 0. The van der Waals surface area contributed by atoms with Crippen LogP contribution in [0.25, 0.3) is 0 Å². The first kappa shape index (κ1) is 14.2. The van der Waals surface area contributed by atoms with Crippen molar-refractivity contribution in [1.29, 1.82) is 0 Å². The number of carbonyl (C=O) groups excluding carboxylic acids is 1. The van der Waals surface area contributed by atoms with E-state index in [0.29, 0.717) is 39.4 Å². The van der Waals surface area contributed by atoms with E-state index in [9.17, 15) is 9.59 Å². The first-order chi connectivity index (χ1) is 8.93. The smallest absolute Gasteiger partial charge is 0.317 e. The van der Waals surface area contributed by atoms with Crippen LogP contribution in [0.3, 0.4) is 0 Å². The Labute approximate surface area is 112 Å². The normalized spacial score (nSPS) is 32.5. The summed E-state index contributed by atoms with van der Waals surface area (Å²) in [6.07, 6.45) is 0. The lowest BCUT2D eigenvalue weighted by Crippen LogP contribution is -2.57. The molecule has 0 bridgehead atoms. The highest BCUT2D eigenvalue weighted by Crippen LogP contribution is 2.29. The van der Waals surface area contributed by atoms with Gasteiger partial charge >= 0.3 is 5.97 Å². The van der Waals surface area contributed by atoms with Crippen LogP contribution < -0.4 is 5.73 Å². The third kappa shape index (κ3) is 2.88. The lowest BCUT2D eigenvalue weighted by molar-refractivity contribution is -0.144. The van der Waals surface area contributed by atoms with Gasteiger partial charge in [-0.2, -0.15) is 0 Å². The number of hydrogen-bond donors (Lipinski definition) is 2. The lowest BCUT2D eigenvalue weighted by Gasteiger charge is -2.38. The van der Waals surface area contributed by atoms with Crippen molar-refractivity contribution < 1.29 is 19.4 Å². The molecule has 19 heavy (non-hydrogen) atoms. The van der Waals surface area contributed by atoms with Gasteiger partial charge in [0.1, 0.15) is 0 Å². The maximum Gasteiger partial charge on any atom is 0.317 e. The average Bonchev–Trinajstić information content (AvgIpc) is 2.70. The molecule has 2 rings (SSSR count). The number of carbonyl (C=O) groups is 2. The van der Waals surface area contributed by atoms with Crippen molar-refractivity contribution in [2.24, 2.45) is 11.1 Å². The lowest BCUT2D eigenvalue weighted by atomic mass is 9.84. The first-order valence-electron chi connectivity index (χ1n) is 6.50. The summed E-state index contributed by atoms with van der Waals surface area (Å²) in [5, 5.41) is 8.73. The van der Waals surface area contributed by atoms with Crippen LogP contribution >= 0.6 is 0 Å². The number of nitrogens with zero attached hydrogens (tertiary/aromatic N) is 2. The molecule has 0 aromatic heterocycles. The van der Waals surface area contributed by atoms with E-state index in [2.05, 4.69) is 0 Å². The van der Waals surface area contributed by atoms with Crippen molar-refractivity contribution in [1.82, 2.24) is 9.80 Å². The Balaban J connectivity index is 1.91. The van der Waals surface area contributed by atoms with Crippen LogP contribution in [-0.4, -0.2) is 78.8 Å². The minimum Gasteiger partial charge on any atom is -0.480 e. The molecule has 108 valence electrons. The van der Waals surface area contributed by atoms with Crippen molar-refractivity contribution in [3.8, 4) is 0 Å². The fourth-order valence-electron chi connectivity index (χ4n) is 2.57. The molecule has 2 aliphatic heterocycles. The third-order valence-electron chi connectivity index (χ3n) is 4.02. The quantitative estimate of drug-likeness (QED) is 0.654. The standard InChI is InChI=1S/C12H21N3O4/c1-12(8-19-7-9(12)13)11(18)15-4-2-14(3-5-15)6-10(16)17/h9H,2-8,13H2,1H3,(H,16,17). The van der Waals surface area contributed by atoms with Gasteiger partial charge < -0.3 is 20.5 Å². The van der Waals surface area contributed by atoms with E-state index in [0.717, 1.165) is 0 Å². The molecule has 7 heteroatoms. The Bertz CT molecular complexity index is 368. The van der Waals surface area contributed by atoms with Crippen molar-refractivity contribution in [2.75, 3.05) is 45.9 Å². The first-order valence-corrected chi connectivity index (χ1v) is 6.50. The van der Waals surface area contributed by atoms with Crippen LogP contribution in [0.5, 0.6) is 0 Å². The van der Waals surface area contributed by atoms with Crippen molar-refractivity contribution in [3.05, 3.63) is 0 Å². The zero-order valence-corrected chi connectivity index (χ0v) is 11.2. The predicted octanol–water partition coefficient (Wildman–Crippen LogP) is -1.42. The molecule has 0 spiro atoms. The SMILES string of the molecule is CC1(C(=O)N2CCN(CC(=O)O)CC2)COCC1N. The van der Waals surface area contributed by atoms with Gasteiger partial charge in [-0.25, -0.2) is 0 Å². The van der Waals surface area contributed by atoms with E-state index in [1.165, 1.54) is 0 Å². The molecule has 2 heterocycles. The Morgan fingerprint density at radius 1 is 1.37 bits per heavy atom. The summed E-state index contributed by atoms with van der Waals surface area (Å²) in [4.78, 5) is 26.7. The van der Waals surface area contributed by atoms with E-state index in [1.807, 2.05) is 11.8 Å². The van der Waals surface area contributed by atoms with E-state index in [-0.39, 0.29) is 18.5 Å². The molecule has 3 N–H and O–H groups in total. The number of aliphatic carboxylic acids is 1. The number of hydrogen-bond acceptors (Lipinski definition) is 5. The van der Waals surface area contributed by atoms with Gasteiger partial charge in [-0.3, -0.25) is 14.5 Å². The minimum absolute atomic E-state index is 0.0208. The number of rotatable bonds is 3. The molecular formula is C12H21N3O4. The Morgan fingerprint density at radius 3 is 2.47 bits per heavy atom. The van der Waals surface area contributed by atoms with Crippen LogP contribution in [-0.2, 0) is 14.3 Å². The fraction of sp³-hybridized carbons (Fsp3) is 0.833. The third-order valence-corrected chi connectivity index (χ3v) is 4.02. The average molecular weight is 271 g/mol. The maximum absolute atomic E-state index is 12.5. The largest absolute Gasteiger partial charge is 0.480 e. The highest BCUT2D eigenvalue weighted by atomic mass is 16.5. The second-order valence-corrected chi connectivity index (χ2v) is 5.50. The topological polar surface area (TPSA) is 96.1 Å². The van der Waals surface area contributed by atoms with Crippen molar-refractivity contribution in [2.45, 2.75) is 13.0 Å². The Morgan fingerprint density at radius 2 is 2.00 bits per heavy atom. The molecule has 0 aromatic rings. The molecular weight excluding hydrogens is 250 g/mol. The highest BCUT2D eigenvalue weighted by molar-refractivity contribution is 5.84. The van der Waals surface area contributed by atoms with Gasteiger partial charge in [0.15, 0.2) is 0 Å². The Hall–Kier alpha value is -1.18. The van der Waals surface area contributed by atoms with E-state index in [1.54, 1.807) is 4.90 Å². The highest BCUT2D eigenvalue weighted by Gasteiger charge is 2.46. The van der Waals surface area contributed by atoms with Gasteiger partial charge in [-0.05, 0) is 6.92 Å². The number of carboxylic acids is 1. The van der Waals surface area contributed by atoms with Gasteiger partial charge in [0.2, 0.25) is 5.91 Å². The number of piperazine rings is 1. The summed E-state index contributed by atoms with van der Waals surface area (Å²) in [5.74, 6) is -0.814. The molecule has 0 aliphatic carbocycles. The van der Waals surface area contributed by atoms with E-state index >= 15 is 0 Å². The van der Waals surface area contributed by atoms with Gasteiger partial charge in [-0.15, -0.1) is 0 Å². The molecule has 0 aromatic carbocycles. The van der Waals surface area contributed by atoms with Gasteiger partial charge in [0.05, 0.1) is 25.2 Å². The summed E-state index contributed by atoms with van der Waals surface area (Å²) in [5.41, 5.74) is 5.31. The molecule has 2 atom stereocenters. The molecule has 2 fully saturated rings. The number of carboxylic acid groups (broad SMARTS) is 1. The van der Waals surface area contributed by atoms with Crippen molar-refractivity contribution in [3.63, 3.8) is 0 Å². The van der Waals surface area contributed by atoms with Crippen molar-refractivity contribution >= 4 is 11.9 Å². The number of nitrogens with two attached hydrogens (primary N) is 1. The molecule has 2 aliphatic rings. The molecule has 2 unspecified atom stereocenters. The van der Waals surface area contributed by atoms with E-state index in [4.69, 9.17) is 15.6 Å². The Kier molecular flexibility index (Phi) is 4.07. The van der Waals surface area contributed by atoms with Crippen LogP contribution in [0.15, 0.2) is 0 Å².